The molecule has 0 spiro atoms. The summed E-state index contributed by atoms with van der Waals surface area (Å²) in [6, 6.07) is -0.627. The summed E-state index contributed by atoms with van der Waals surface area (Å²) in [5.74, 6) is 0.297. The predicted molar refractivity (Wildman–Crippen MR) is 309 cm³/mol. The molecule has 74 heavy (non-hydrogen) atoms. The zero-order valence-corrected chi connectivity index (χ0v) is 49.6. The van der Waals surface area contributed by atoms with E-state index in [1.807, 2.05) is 6.08 Å². The summed E-state index contributed by atoms with van der Waals surface area (Å²) in [5.41, 5.74) is 0. The molecule has 0 aliphatic heterocycles. The first-order valence-corrected chi connectivity index (χ1v) is 31.5. The number of hydrogen-bond acceptors (Lipinski definition) is 9. The second-order valence-electron chi connectivity index (χ2n) is 21.5. The lowest BCUT2D eigenvalue weighted by Crippen LogP contribution is -2.50. The van der Waals surface area contributed by atoms with Gasteiger partial charge in [-0.1, -0.05) is 208 Å². The number of esters is 3. The van der Waals surface area contributed by atoms with Gasteiger partial charge in [-0.15, -0.1) is 0 Å². The van der Waals surface area contributed by atoms with E-state index in [9.17, 15) is 24.0 Å². The minimum Gasteiger partial charge on any atom is -0.465 e. The third kappa shape index (κ3) is 43.2. The van der Waals surface area contributed by atoms with E-state index in [1.165, 1.54) is 96.3 Å². The van der Waals surface area contributed by atoms with Crippen LogP contribution in [0.2, 0.25) is 0 Å². The van der Waals surface area contributed by atoms with Gasteiger partial charge in [-0.05, 0) is 95.6 Å². The number of nitrogens with one attached hydrogen (secondary N) is 1. The van der Waals surface area contributed by atoms with Crippen LogP contribution in [0.5, 0.6) is 0 Å². The Kier molecular flexibility index (Phi) is 51.3. The standard InChI is InChI=1S/C63H119N3O8/c1-8-15-20-23-26-32-39-53-72-60(68)48-40-51-66(59(67)49-52-65(13-6)14-7)58(45-35-28-24-25-29-36-46-61(69)73-54-56(41-18-11-4)43-33-21-16-9-2)63(71)64-50-38-31-27-30-37-47-62(70)74-55-57(42-19-12-5)44-34-22-17-10-3/h32,39,56-58H,8-31,33-38,40-55H2,1-7H3,(H,64,71)/b39-32-. The van der Waals surface area contributed by atoms with E-state index in [0.29, 0.717) is 76.8 Å². The Morgan fingerprint density at radius 3 is 1.38 bits per heavy atom. The molecule has 0 aliphatic carbocycles. The van der Waals surface area contributed by atoms with Gasteiger partial charge in [0.25, 0.3) is 0 Å². The minimum absolute atomic E-state index is 0.0570. The highest BCUT2D eigenvalue weighted by Gasteiger charge is 2.29. The van der Waals surface area contributed by atoms with Crippen LogP contribution >= 0.6 is 0 Å². The Morgan fingerprint density at radius 1 is 0.419 bits per heavy atom. The first-order valence-electron chi connectivity index (χ1n) is 31.5. The fraction of sp³-hybridized carbons (Fsp3) is 0.889. The molecule has 0 aromatic rings. The van der Waals surface area contributed by atoms with Gasteiger partial charge in [0.2, 0.25) is 11.8 Å². The third-order valence-electron chi connectivity index (χ3n) is 14.8. The maximum Gasteiger partial charge on any atom is 0.306 e. The summed E-state index contributed by atoms with van der Waals surface area (Å²) in [4.78, 5) is 70.4. The Morgan fingerprint density at radius 2 is 0.851 bits per heavy atom. The first kappa shape index (κ1) is 71.0. The van der Waals surface area contributed by atoms with E-state index >= 15 is 0 Å². The summed E-state index contributed by atoms with van der Waals surface area (Å²) in [6.07, 6.45) is 41.3. The smallest absolute Gasteiger partial charge is 0.306 e. The fourth-order valence-electron chi connectivity index (χ4n) is 9.76. The predicted octanol–water partition coefficient (Wildman–Crippen LogP) is 16.0. The molecule has 3 atom stereocenters. The van der Waals surface area contributed by atoms with Crippen molar-refractivity contribution in [2.75, 3.05) is 52.5 Å². The Hall–Kier alpha value is -2.95. The van der Waals surface area contributed by atoms with Crippen LogP contribution in [0.25, 0.3) is 0 Å². The Bertz CT molecular complexity index is 1350. The van der Waals surface area contributed by atoms with Gasteiger partial charge in [-0.25, -0.2) is 0 Å². The molecule has 0 fully saturated rings. The van der Waals surface area contributed by atoms with Crippen molar-refractivity contribution in [3.05, 3.63) is 12.2 Å². The molecule has 3 unspecified atom stereocenters. The van der Waals surface area contributed by atoms with Gasteiger partial charge in [0.15, 0.2) is 0 Å². The van der Waals surface area contributed by atoms with E-state index in [1.54, 1.807) is 4.90 Å². The van der Waals surface area contributed by atoms with Gasteiger partial charge in [0, 0.05) is 45.3 Å². The highest BCUT2D eigenvalue weighted by atomic mass is 16.5. The summed E-state index contributed by atoms with van der Waals surface area (Å²) in [6.45, 7) is 19.8. The van der Waals surface area contributed by atoms with E-state index in [2.05, 4.69) is 64.8 Å². The number of carbonyl (C=O) groups is 5. The Balaban J connectivity index is 5.44. The second kappa shape index (κ2) is 53.4. The molecule has 0 heterocycles. The molecule has 0 aromatic heterocycles. The number of amides is 2. The second-order valence-corrected chi connectivity index (χ2v) is 21.5. The van der Waals surface area contributed by atoms with Gasteiger partial charge in [0.05, 0.1) is 13.2 Å². The number of rotatable bonds is 55. The van der Waals surface area contributed by atoms with Crippen LogP contribution in [0.4, 0.5) is 0 Å². The number of ether oxygens (including phenoxy) is 3. The van der Waals surface area contributed by atoms with Crippen LogP contribution in [0.15, 0.2) is 12.2 Å². The molecule has 1 N–H and O–H groups in total. The SMILES string of the molecule is CCCCCC/C=C\COC(=O)CCCN(C(=O)CCN(CC)CC)C(CCCCCCCCC(=O)OCC(CCCC)CCCCCC)C(=O)NCCCCCCCC(=O)OCC(CCCC)CCCCCC. The Labute approximate surface area is 456 Å². The zero-order valence-electron chi connectivity index (χ0n) is 49.6. The molecule has 0 aromatic carbocycles. The average molecular weight is 1050 g/mol. The normalized spacial score (nSPS) is 12.8. The van der Waals surface area contributed by atoms with Gasteiger partial charge in [-0.2, -0.15) is 0 Å². The lowest BCUT2D eigenvalue weighted by Gasteiger charge is -2.32. The summed E-state index contributed by atoms with van der Waals surface area (Å²) in [7, 11) is 0. The molecule has 0 bridgehead atoms. The van der Waals surface area contributed by atoms with Gasteiger partial charge >= 0.3 is 17.9 Å². The molecular formula is C63H119N3O8. The molecule has 0 saturated heterocycles. The van der Waals surface area contributed by atoms with Crippen molar-refractivity contribution >= 4 is 29.7 Å². The molecule has 0 rings (SSSR count). The van der Waals surface area contributed by atoms with Crippen molar-refractivity contribution in [2.24, 2.45) is 11.8 Å². The number of allylic oxidation sites excluding steroid dienone is 1. The maximum absolute atomic E-state index is 14.2. The monoisotopic (exact) mass is 1050 g/mol. The molecule has 0 saturated carbocycles. The molecule has 11 nitrogen and oxygen atoms in total. The van der Waals surface area contributed by atoms with Crippen LogP contribution in [0.3, 0.4) is 0 Å². The summed E-state index contributed by atoms with van der Waals surface area (Å²) < 4.78 is 17.0. The van der Waals surface area contributed by atoms with E-state index in [-0.39, 0.29) is 42.7 Å². The lowest BCUT2D eigenvalue weighted by molar-refractivity contribution is -0.146. The minimum atomic E-state index is -0.627. The number of nitrogens with zero attached hydrogens (tertiary/aromatic N) is 2. The van der Waals surface area contributed by atoms with E-state index in [0.717, 1.165) is 122 Å². The summed E-state index contributed by atoms with van der Waals surface area (Å²) in [5, 5.41) is 3.19. The van der Waals surface area contributed by atoms with Gasteiger partial charge < -0.3 is 29.3 Å². The van der Waals surface area contributed by atoms with Crippen molar-refractivity contribution in [1.82, 2.24) is 15.1 Å². The molecule has 0 aliphatic rings. The quantitative estimate of drug-likeness (QED) is 0.0274. The van der Waals surface area contributed by atoms with Crippen LogP contribution in [-0.4, -0.2) is 98.1 Å². The number of carbonyl (C=O) groups excluding carboxylic acids is 5. The largest absolute Gasteiger partial charge is 0.465 e. The van der Waals surface area contributed by atoms with Gasteiger partial charge in [0.1, 0.15) is 12.6 Å². The molecule has 2 amide bonds. The third-order valence-corrected chi connectivity index (χ3v) is 14.8. The molecular weight excluding hydrogens is 927 g/mol. The fourth-order valence-corrected chi connectivity index (χ4v) is 9.76. The van der Waals surface area contributed by atoms with E-state index in [4.69, 9.17) is 14.2 Å². The highest BCUT2D eigenvalue weighted by molar-refractivity contribution is 5.87. The van der Waals surface area contributed by atoms with Crippen molar-refractivity contribution in [2.45, 2.75) is 298 Å². The van der Waals surface area contributed by atoms with Crippen molar-refractivity contribution < 1.29 is 38.2 Å². The van der Waals surface area contributed by atoms with Crippen LogP contribution in [0, 0.1) is 11.8 Å². The maximum atomic E-state index is 14.2. The van der Waals surface area contributed by atoms with Crippen LogP contribution < -0.4 is 5.32 Å². The molecule has 11 heteroatoms. The average Bonchev–Trinajstić information content (AvgIpc) is 3.40. The van der Waals surface area contributed by atoms with Gasteiger partial charge in [-0.3, -0.25) is 24.0 Å². The number of hydrogen-bond donors (Lipinski definition) is 1. The number of unbranched alkanes of at least 4 members (excludes halogenated alkanes) is 21. The molecule has 0 radical (unpaired) electrons. The van der Waals surface area contributed by atoms with Crippen molar-refractivity contribution in [1.29, 1.82) is 0 Å². The van der Waals surface area contributed by atoms with Crippen molar-refractivity contribution in [3.63, 3.8) is 0 Å². The first-order chi connectivity index (χ1) is 36.1. The van der Waals surface area contributed by atoms with Crippen molar-refractivity contribution in [3.8, 4) is 0 Å². The van der Waals surface area contributed by atoms with Crippen LogP contribution in [-0.2, 0) is 38.2 Å². The molecule has 434 valence electrons. The lowest BCUT2D eigenvalue weighted by atomic mass is 9.96. The van der Waals surface area contributed by atoms with E-state index < -0.39 is 6.04 Å². The summed E-state index contributed by atoms with van der Waals surface area (Å²) >= 11 is 0. The van der Waals surface area contributed by atoms with Crippen LogP contribution in [0.1, 0.15) is 292 Å². The highest BCUT2D eigenvalue weighted by Crippen LogP contribution is 2.21. The zero-order chi connectivity index (χ0) is 54.5. The topological polar surface area (TPSA) is 132 Å².